The fourth-order valence-corrected chi connectivity index (χ4v) is 11.5. The molecule has 0 aliphatic carbocycles. The Morgan fingerprint density at radius 3 is 0.844 bits per heavy atom. The SMILES string of the molecule is CCCCCCCCCCCCCCCCOCC(COCCCCCCCCCCCCCCCC)(COCCOCCOCCO[C@H]1O[C@H](COC(C)=O)[C@@H](OC(C)=O)[C@H](OC(C)=O)[C@@H]1OC(C)=O)CO[C@H]1O[C@H](COC(C)=O)[C@@H](OC(C)=O)[C@H](OC(C)=O)[C@@H]1OC(C)=O. The molecule has 2 aliphatic rings. The summed E-state index contributed by atoms with van der Waals surface area (Å²) in [4.78, 5) is 98.6. The van der Waals surface area contributed by atoms with E-state index in [2.05, 4.69) is 13.8 Å². The molecule has 0 unspecified atom stereocenters. The van der Waals surface area contributed by atoms with Crippen molar-refractivity contribution >= 4 is 47.8 Å². The molecule has 2 saturated heterocycles. The highest BCUT2D eigenvalue weighted by Crippen LogP contribution is 2.34. The molecular weight excluding hydrogens is 1250 g/mol. The van der Waals surface area contributed by atoms with E-state index in [0.29, 0.717) is 13.2 Å². The van der Waals surface area contributed by atoms with Crippen molar-refractivity contribution in [2.24, 2.45) is 5.41 Å². The van der Waals surface area contributed by atoms with Gasteiger partial charge in [0.25, 0.3) is 0 Å². The number of carbonyl (C=O) groups is 8. The van der Waals surface area contributed by atoms with Crippen molar-refractivity contribution in [2.75, 3.05) is 92.5 Å². The second-order valence-corrected chi connectivity index (χ2v) is 25.4. The lowest BCUT2D eigenvalue weighted by Crippen LogP contribution is -2.63. The molecule has 0 aromatic carbocycles. The van der Waals surface area contributed by atoms with E-state index < -0.39 is 128 Å². The van der Waals surface area contributed by atoms with E-state index >= 15 is 0 Å². The molecule has 0 bridgehead atoms. The molecule has 2 rings (SSSR count). The molecule has 25 nitrogen and oxygen atoms in total. The van der Waals surface area contributed by atoms with Crippen LogP contribution in [0.25, 0.3) is 0 Å². The predicted molar refractivity (Wildman–Crippen MR) is 353 cm³/mol. The second kappa shape index (κ2) is 55.2. The summed E-state index contributed by atoms with van der Waals surface area (Å²) in [6.07, 6.45) is 20.4. The van der Waals surface area contributed by atoms with E-state index in [0.717, 1.165) is 86.0 Å². The standard InChI is InChI=1S/C71H124O25/c1-11-13-15-17-19-21-23-25-27-29-31-33-35-37-39-82-49-71(50-83-40-38-36-34-32-30-28-26-24-22-20-18-16-14-12-2,52-88-70-68(94-60(10)79)66(92-58(8)77)64(90-56(6)75)62(96-70)48-87-54(4)73)51-84-44-43-80-41-42-81-45-46-85-69-67(93-59(9)78)65(91-57(7)76)63(89-55(5)74)61(95-69)47-86-53(3)72/h61-70H,11-52H2,1-10H3/t61-,62-,63-,64-,65+,66+,67+,68+,69+,70+/m1/s1. The van der Waals surface area contributed by atoms with Crippen LogP contribution >= 0.6 is 0 Å². The first-order valence-corrected chi connectivity index (χ1v) is 35.9. The average Bonchev–Trinajstić information content (AvgIpc) is 0.800. The minimum absolute atomic E-state index is 0.00746. The van der Waals surface area contributed by atoms with Crippen molar-refractivity contribution in [2.45, 2.75) is 310 Å². The Kier molecular flexibility index (Phi) is 50.3. The zero-order valence-electron chi connectivity index (χ0n) is 60.2. The summed E-state index contributed by atoms with van der Waals surface area (Å²) in [5.41, 5.74) is -1.02. The van der Waals surface area contributed by atoms with Crippen LogP contribution in [-0.4, -0.2) is 202 Å². The first-order chi connectivity index (χ1) is 46.2. The van der Waals surface area contributed by atoms with Crippen molar-refractivity contribution in [3.63, 3.8) is 0 Å². The summed E-state index contributed by atoms with van der Waals surface area (Å²) in [5.74, 6) is -5.89. The third-order valence-electron chi connectivity index (χ3n) is 16.2. The molecule has 2 fully saturated rings. The summed E-state index contributed by atoms with van der Waals surface area (Å²) >= 11 is 0. The predicted octanol–water partition coefficient (Wildman–Crippen LogP) is 11.2. The van der Waals surface area contributed by atoms with Gasteiger partial charge in [0.2, 0.25) is 0 Å². The van der Waals surface area contributed by atoms with Gasteiger partial charge in [0.05, 0.1) is 71.5 Å². The lowest BCUT2D eigenvalue weighted by molar-refractivity contribution is -0.315. The van der Waals surface area contributed by atoms with Gasteiger partial charge in [-0.05, 0) is 12.8 Å². The third-order valence-corrected chi connectivity index (χ3v) is 16.2. The summed E-state index contributed by atoms with van der Waals surface area (Å²) in [7, 11) is 0. The Bertz CT molecular complexity index is 2060. The number of ether oxygens (including phenoxy) is 17. The van der Waals surface area contributed by atoms with E-state index in [1.165, 1.54) is 149 Å². The molecule has 0 aromatic heterocycles. The van der Waals surface area contributed by atoms with Crippen molar-refractivity contribution in [1.82, 2.24) is 0 Å². The highest BCUT2D eigenvalue weighted by atomic mass is 16.8. The molecule has 0 amide bonds. The minimum atomic E-state index is -1.46. The van der Waals surface area contributed by atoms with Crippen LogP contribution in [0.1, 0.15) is 249 Å². The van der Waals surface area contributed by atoms with Gasteiger partial charge >= 0.3 is 47.8 Å². The number of rotatable bonds is 59. The molecule has 0 N–H and O–H groups in total. The topological polar surface area (TPSA) is 293 Å². The molecule has 10 atom stereocenters. The maximum atomic E-state index is 12.8. The van der Waals surface area contributed by atoms with E-state index in [-0.39, 0.29) is 66.1 Å². The molecule has 0 aromatic rings. The monoisotopic (exact) mass is 1380 g/mol. The molecule has 0 saturated carbocycles. The summed E-state index contributed by atoms with van der Waals surface area (Å²) in [6, 6.07) is 0. The lowest BCUT2D eigenvalue weighted by Gasteiger charge is -2.45. The van der Waals surface area contributed by atoms with Crippen LogP contribution in [0.5, 0.6) is 0 Å². The normalized spacial score (nSPS) is 21.0. The maximum Gasteiger partial charge on any atom is 0.303 e. The van der Waals surface area contributed by atoms with Gasteiger partial charge in [-0.15, -0.1) is 0 Å². The average molecular weight is 1380 g/mol. The van der Waals surface area contributed by atoms with Crippen LogP contribution in [0, 0.1) is 5.41 Å². The smallest absolute Gasteiger partial charge is 0.303 e. The number of hydrogen-bond donors (Lipinski definition) is 0. The first kappa shape index (κ1) is 87.5. The summed E-state index contributed by atoms with van der Waals surface area (Å²) in [5, 5.41) is 0. The zero-order valence-corrected chi connectivity index (χ0v) is 60.2. The van der Waals surface area contributed by atoms with Gasteiger partial charge in [-0.25, -0.2) is 0 Å². The van der Waals surface area contributed by atoms with Crippen molar-refractivity contribution in [3.05, 3.63) is 0 Å². The Morgan fingerprint density at radius 2 is 0.531 bits per heavy atom. The highest BCUT2D eigenvalue weighted by molar-refractivity contribution is 5.70. The molecule has 0 radical (unpaired) electrons. The van der Waals surface area contributed by atoms with Crippen molar-refractivity contribution in [1.29, 1.82) is 0 Å². The first-order valence-electron chi connectivity index (χ1n) is 35.9. The minimum Gasteiger partial charge on any atom is -0.463 e. The lowest BCUT2D eigenvalue weighted by atomic mass is 9.91. The van der Waals surface area contributed by atoms with Crippen LogP contribution in [0.15, 0.2) is 0 Å². The van der Waals surface area contributed by atoms with Crippen LogP contribution in [0.2, 0.25) is 0 Å². The third kappa shape index (κ3) is 42.4. The quantitative estimate of drug-likeness (QED) is 0.0310. The van der Waals surface area contributed by atoms with E-state index in [9.17, 15) is 38.4 Å². The van der Waals surface area contributed by atoms with Gasteiger partial charge in [0.1, 0.15) is 25.4 Å². The van der Waals surface area contributed by atoms with Gasteiger partial charge in [0.15, 0.2) is 49.2 Å². The molecule has 25 heteroatoms. The number of esters is 8. The van der Waals surface area contributed by atoms with E-state index in [4.69, 9.17) is 80.5 Å². The Labute approximate surface area is 572 Å². The summed E-state index contributed by atoms with van der Waals surface area (Å²) < 4.78 is 100.0. The van der Waals surface area contributed by atoms with Gasteiger partial charge in [-0.3, -0.25) is 38.4 Å². The fraction of sp³-hybridized carbons (Fsp3) is 0.887. The maximum absolute atomic E-state index is 12.8. The zero-order chi connectivity index (χ0) is 70.6. The molecule has 0 spiro atoms. The molecule has 558 valence electrons. The number of carbonyl (C=O) groups excluding carboxylic acids is 8. The van der Waals surface area contributed by atoms with Crippen molar-refractivity contribution < 1.29 is 119 Å². The van der Waals surface area contributed by atoms with E-state index in [1.807, 2.05) is 0 Å². The Morgan fingerprint density at radius 1 is 0.271 bits per heavy atom. The van der Waals surface area contributed by atoms with Crippen molar-refractivity contribution in [3.8, 4) is 0 Å². The van der Waals surface area contributed by atoms with Crippen LogP contribution in [0.4, 0.5) is 0 Å². The van der Waals surface area contributed by atoms with Gasteiger partial charge < -0.3 is 80.5 Å². The highest BCUT2D eigenvalue weighted by Gasteiger charge is 2.55. The Balaban J connectivity index is 2.28. The van der Waals surface area contributed by atoms with Crippen LogP contribution < -0.4 is 0 Å². The number of hydrogen-bond acceptors (Lipinski definition) is 25. The number of unbranched alkanes of at least 4 members (excludes halogenated alkanes) is 26. The summed E-state index contributed by atoms with van der Waals surface area (Å²) in [6.45, 7) is 14.3. The molecule has 2 aliphatic heterocycles. The fourth-order valence-electron chi connectivity index (χ4n) is 11.5. The molecular formula is C71H124O25. The second-order valence-electron chi connectivity index (χ2n) is 25.4. The Hall–Kier alpha value is -4.60. The van der Waals surface area contributed by atoms with E-state index in [1.54, 1.807) is 0 Å². The molecule has 2 heterocycles. The van der Waals surface area contributed by atoms with Crippen LogP contribution in [0.3, 0.4) is 0 Å². The largest absolute Gasteiger partial charge is 0.463 e. The van der Waals surface area contributed by atoms with Gasteiger partial charge in [0, 0.05) is 68.6 Å². The van der Waals surface area contributed by atoms with Gasteiger partial charge in [-0.2, -0.15) is 0 Å². The van der Waals surface area contributed by atoms with Crippen LogP contribution in [-0.2, 0) is 119 Å². The van der Waals surface area contributed by atoms with Gasteiger partial charge in [-0.1, -0.05) is 181 Å². The molecule has 96 heavy (non-hydrogen) atoms.